The molecule has 2 N–H and O–H groups in total. The highest BCUT2D eigenvalue weighted by atomic mass is 35.5. The number of fused-ring (bicyclic) bond motifs is 1. The second-order valence-electron chi connectivity index (χ2n) is 5.35. The summed E-state index contributed by atoms with van der Waals surface area (Å²) in [6.07, 6.45) is 1.56. The summed E-state index contributed by atoms with van der Waals surface area (Å²) in [5.74, 6) is 0.282. The van der Waals surface area contributed by atoms with Gasteiger partial charge in [-0.05, 0) is 48.9 Å². The third-order valence-corrected chi connectivity index (χ3v) is 4.35. The Labute approximate surface area is 163 Å². The van der Waals surface area contributed by atoms with E-state index in [4.69, 9.17) is 39.5 Å². The number of benzene rings is 2. The van der Waals surface area contributed by atoms with Gasteiger partial charge in [-0.2, -0.15) is 0 Å². The molecule has 0 saturated carbocycles. The number of phenols is 1. The van der Waals surface area contributed by atoms with Crippen molar-refractivity contribution in [3.05, 3.63) is 62.1 Å². The van der Waals surface area contributed by atoms with E-state index in [1.165, 1.54) is 6.07 Å². The van der Waals surface area contributed by atoms with Crippen LogP contribution in [0, 0.1) is 0 Å². The SMILES string of the molecule is CCOc1cc(/C=C(\Cl)c2nc3cc(Cl)ccc3c(=O)[nH]2)cc(Cl)c1O. The van der Waals surface area contributed by atoms with Crippen LogP contribution in [0.25, 0.3) is 22.0 Å². The van der Waals surface area contributed by atoms with Crippen molar-refractivity contribution in [1.29, 1.82) is 0 Å². The Morgan fingerprint density at radius 1 is 1.31 bits per heavy atom. The largest absolute Gasteiger partial charge is 0.503 e. The van der Waals surface area contributed by atoms with Crippen LogP contribution in [0.2, 0.25) is 10.0 Å². The summed E-state index contributed by atoms with van der Waals surface area (Å²) in [4.78, 5) is 19.2. The minimum absolute atomic E-state index is 0.124. The van der Waals surface area contributed by atoms with Crippen molar-refractivity contribution < 1.29 is 9.84 Å². The number of hydrogen-bond donors (Lipinski definition) is 2. The average Bonchev–Trinajstić information content (AvgIpc) is 2.58. The second-order valence-corrected chi connectivity index (χ2v) is 6.60. The zero-order chi connectivity index (χ0) is 18.8. The van der Waals surface area contributed by atoms with E-state index in [2.05, 4.69) is 9.97 Å². The molecule has 1 aromatic heterocycles. The minimum atomic E-state index is -0.327. The summed E-state index contributed by atoms with van der Waals surface area (Å²) in [6, 6.07) is 7.91. The number of phenolic OH excluding ortho intramolecular Hbond substituents is 1. The monoisotopic (exact) mass is 410 g/mol. The molecule has 0 aliphatic heterocycles. The van der Waals surface area contributed by atoms with Gasteiger partial charge in [-0.1, -0.05) is 34.8 Å². The number of nitrogens with zero attached hydrogens (tertiary/aromatic N) is 1. The van der Waals surface area contributed by atoms with Gasteiger partial charge in [0.15, 0.2) is 17.3 Å². The Morgan fingerprint density at radius 2 is 2.08 bits per heavy atom. The number of nitrogens with one attached hydrogen (secondary N) is 1. The molecule has 8 heteroatoms. The fourth-order valence-electron chi connectivity index (χ4n) is 2.38. The molecule has 3 aromatic rings. The van der Waals surface area contributed by atoms with Gasteiger partial charge in [0.2, 0.25) is 0 Å². The lowest BCUT2D eigenvalue weighted by Crippen LogP contribution is -2.10. The van der Waals surface area contributed by atoms with E-state index < -0.39 is 0 Å². The fourth-order valence-corrected chi connectivity index (χ4v) is 2.98. The van der Waals surface area contributed by atoms with Gasteiger partial charge in [0.1, 0.15) is 0 Å². The molecule has 0 spiro atoms. The van der Waals surface area contributed by atoms with Gasteiger partial charge in [0, 0.05) is 5.02 Å². The zero-order valence-corrected chi connectivity index (χ0v) is 15.8. The molecule has 0 amide bonds. The van der Waals surface area contributed by atoms with Gasteiger partial charge in [0.05, 0.1) is 27.6 Å². The molecule has 0 radical (unpaired) electrons. The molecule has 0 fully saturated rings. The summed E-state index contributed by atoms with van der Waals surface area (Å²) in [7, 11) is 0. The van der Waals surface area contributed by atoms with Crippen molar-refractivity contribution in [2.75, 3.05) is 6.61 Å². The molecule has 2 aromatic carbocycles. The van der Waals surface area contributed by atoms with Gasteiger partial charge in [-0.15, -0.1) is 0 Å². The molecule has 0 atom stereocenters. The smallest absolute Gasteiger partial charge is 0.259 e. The van der Waals surface area contributed by atoms with Crippen LogP contribution >= 0.6 is 34.8 Å². The summed E-state index contributed by atoms with van der Waals surface area (Å²) < 4.78 is 5.34. The molecular weight excluding hydrogens is 399 g/mol. The van der Waals surface area contributed by atoms with Crippen LogP contribution in [-0.2, 0) is 0 Å². The lowest BCUT2D eigenvalue weighted by Gasteiger charge is -2.09. The molecule has 26 heavy (non-hydrogen) atoms. The predicted octanol–water partition coefficient (Wildman–Crippen LogP) is 5.07. The molecule has 0 aliphatic rings. The third-order valence-electron chi connectivity index (χ3n) is 3.54. The molecule has 1 heterocycles. The predicted molar refractivity (Wildman–Crippen MR) is 105 cm³/mol. The van der Waals surface area contributed by atoms with E-state index in [1.807, 2.05) is 0 Å². The van der Waals surface area contributed by atoms with E-state index in [-0.39, 0.29) is 32.9 Å². The quantitative estimate of drug-likeness (QED) is 0.628. The number of halogens is 3. The highest BCUT2D eigenvalue weighted by Crippen LogP contribution is 2.36. The van der Waals surface area contributed by atoms with Crippen molar-refractivity contribution >= 4 is 56.8 Å². The van der Waals surface area contributed by atoms with Crippen molar-refractivity contribution in [3.63, 3.8) is 0 Å². The number of rotatable bonds is 4. The first-order valence-electron chi connectivity index (χ1n) is 7.61. The van der Waals surface area contributed by atoms with Crippen LogP contribution in [0.3, 0.4) is 0 Å². The Hall–Kier alpha value is -2.21. The van der Waals surface area contributed by atoms with Crippen molar-refractivity contribution in [2.45, 2.75) is 6.92 Å². The standard InChI is InChI=1S/C18H13Cl3N2O3/c1-2-26-15-7-9(5-12(20)16(15)24)6-13(21)17-22-14-8-10(19)3-4-11(14)18(25)23-17/h3-8,24H,2H2,1H3,(H,22,23,25)/b13-6-. The summed E-state index contributed by atoms with van der Waals surface area (Å²) in [6.45, 7) is 2.16. The lowest BCUT2D eigenvalue weighted by atomic mass is 10.1. The summed E-state index contributed by atoms with van der Waals surface area (Å²) >= 11 is 18.3. The van der Waals surface area contributed by atoms with Crippen LogP contribution in [0.15, 0.2) is 35.1 Å². The van der Waals surface area contributed by atoms with Gasteiger partial charge in [-0.25, -0.2) is 4.98 Å². The first-order valence-corrected chi connectivity index (χ1v) is 8.75. The summed E-state index contributed by atoms with van der Waals surface area (Å²) in [5, 5.41) is 11.1. The van der Waals surface area contributed by atoms with Gasteiger partial charge in [-0.3, -0.25) is 4.79 Å². The van der Waals surface area contributed by atoms with Crippen molar-refractivity contribution in [2.24, 2.45) is 0 Å². The summed E-state index contributed by atoms with van der Waals surface area (Å²) in [5.41, 5.74) is 0.684. The van der Waals surface area contributed by atoms with Crippen LogP contribution < -0.4 is 10.3 Å². The third kappa shape index (κ3) is 3.80. The van der Waals surface area contributed by atoms with E-state index in [9.17, 15) is 9.90 Å². The van der Waals surface area contributed by atoms with Crippen LogP contribution in [0.4, 0.5) is 0 Å². The maximum absolute atomic E-state index is 12.2. The van der Waals surface area contributed by atoms with Crippen LogP contribution in [0.1, 0.15) is 18.3 Å². The van der Waals surface area contributed by atoms with E-state index in [0.717, 1.165) is 0 Å². The number of hydrogen-bond acceptors (Lipinski definition) is 4. The first-order chi connectivity index (χ1) is 12.4. The Morgan fingerprint density at radius 3 is 2.81 bits per heavy atom. The van der Waals surface area contributed by atoms with E-state index >= 15 is 0 Å². The highest BCUT2D eigenvalue weighted by Gasteiger charge is 2.11. The number of aromatic hydroxyl groups is 1. The molecule has 0 unspecified atom stereocenters. The molecule has 134 valence electrons. The Kier molecular flexibility index (Phi) is 5.41. The Balaban J connectivity index is 2.08. The molecular formula is C18H13Cl3N2O3. The minimum Gasteiger partial charge on any atom is -0.503 e. The van der Waals surface area contributed by atoms with Crippen molar-refractivity contribution in [3.8, 4) is 11.5 Å². The maximum Gasteiger partial charge on any atom is 0.259 e. The molecule has 3 rings (SSSR count). The topological polar surface area (TPSA) is 75.2 Å². The number of H-pyrrole nitrogens is 1. The molecule has 0 saturated heterocycles. The maximum atomic E-state index is 12.2. The molecule has 0 aliphatic carbocycles. The number of aromatic amines is 1. The second kappa shape index (κ2) is 7.58. The van der Waals surface area contributed by atoms with Crippen molar-refractivity contribution in [1.82, 2.24) is 9.97 Å². The van der Waals surface area contributed by atoms with Gasteiger partial charge < -0.3 is 14.8 Å². The first kappa shape index (κ1) is 18.6. The van der Waals surface area contributed by atoms with Gasteiger partial charge >= 0.3 is 0 Å². The number of aromatic nitrogens is 2. The van der Waals surface area contributed by atoms with Crippen LogP contribution in [-0.4, -0.2) is 21.7 Å². The normalized spacial score (nSPS) is 11.8. The molecule has 0 bridgehead atoms. The fraction of sp³-hybridized carbons (Fsp3) is 0.111. The highest BCUT2D eigenvalue weighted by molar-refractivity contribution is 6.50. The van der Waals surface area contributed by atoms with E-state index in [1.54, 1.807) is 37.3 Å². The van der Waals surface area contributed by atoms with Crippen LogP contribution in [0.5, 0.6) is 11.5 Å². The average molecular weight is 412 g/mol. The lowest BCUT2D eigenvalue weighted by molar-refractivity contribution is 0.318. The van der Waals surface area contributed by atoms with Gasteiger partial charge in [0.25, 0.3) is 5.56 Å². The molecule has 5 nitrogen and oxygen atoms in total. The number of ether oxygens (including phenoxy) is 1. The Bertz CT molecular complexity index is 1080. The zero-order valence-electron chi connectivity index (χ0n) is 13.5. The van der Waals surface area contributed by atoms with E-state index in [0.29, 0.717) is 28.1 Å².